The lowest BCUT2D eigenvalue weighted by molar-refractivity contribution is 0.0743. The van der Waals surface area contributed by atoms with E-state index < -0.39 is 0 Å². The molecule has 3 aromatic carbocycles. The molecule has 8 nitrogen and oxygen atoms in total. The van der Waals surface area contributed by atoms with Gasteiger partial charge in [0, 0.05) is 31.6 Å². The smallest absolute Gasteiger partial charge is 0.257 e. The number of aromatic nitrogens is 4. The van der Waals surface area contributed by atoms with E-state index in [4.69, 9.17) is 9.72 Å². The first kappa shape index (κ1) is 22.0. The molecule has 0 radical (unpaired) electrons. The van der Waals surface area contributed by atoms with Gasteiger partial charge in [-0.1, -0.05) is 36.4 Å². The Kier molecular flexibility index (Phi) is 5.44. The number of nitrogens with zero attached hydrogens (tertiary/aromatic N) is 6. The molecule has 3 heterocycles. The highest BCUT2D eigenvalue weighted by molar-refractivity contribution is 5.97. The molecule has 1 aliphatic rings. The summed E-state index contributed by atoms with van der Waals surface area (Å²) in [7, 11) is 1.56. The summed E-state index contributed by atoms with van der Waals surface area (Å²) < 4.78 is 22.0. The third-order valence-corrected chi connectivity index (χ3v) is 6.53. The molecule has 0 atom stereocenters. The summed E-state index contributed by atoms with van der Waals surface area (Å²) in [6.45, 7) is 2.11. The molecule has 1 aliphatic heterocycles. The number of methoxy groups -OCH3 is 1. The van der Waals surface area contributed by atoms with Crippen LogP contribution in [0.15, 0.2) is 72.8 Å². The van der Waals surface area contributed by atoms with Crippen LogP contribution < -0.4 is 9.64 Å². The highest BCUT2D eigenvalue weighted by Crippen LogP contribution is 2.30. The first-order chi connectivity index (χ1) is 17.7. The van der Waals surface area contributed by atoms with E-state index >= 15 is 0 Å². The number of benzene rings is 3. The van der Waals surface area contributed by atoms with Gasteiger partial charge in [-0.3, -0.25) is 4.79 Å². The Bertz CT molecular complexity index is 1590. The Morgan fingerprint density at radius 2 is 1.61 bits per heavy atom. The summed E-state index contributed by atoms with van der Waals surface area (Å²) >= 11 is 0. The molecule has 9 heteroatoms. The van der Waals surface area contributed by atoms with Crippen molar-refractivity contribution in [2.24, 2.45) is 0 Å². The molecule has 2 aromatic heterocycles. The second kappa shape index (κ2) is 8.92. The van der Waals surface area contributed by atoms with E-state index in [1.165, 1.54) is 6.07 Å². The fraction of sp³-hybridized carbons (Fsp3) is 0.185. The van der Waals surface area contributed by atoms with Crippen LogP contribution in [0, 0.1) is 5.82 Å². The molecule has 0 N–H and O–H groups in total. The lowest BCUT2D eigenvalue weighted by Gasteiger charge is -2.35. The van der Waals surface area contributed by atoms with Gasteiger partial charge in [0.15, 0.2) is 11.5 Å². The Hall–Kier alpha value is -4.53. The fourth-order valence-corrected chi connectivity index (χ4v) is 4.70. The average molecular weight is 483 g/mol. The number of carbonyl (C=O) groups is 1. The third kappa shape index (κ3) is 3.60. The zero-order chi connectivity index (χ0) is 24.6. The summed E-state index contributed by atoms with van der Waals surface area (Å²) in [6, 6.07) is 21.5. The maximum atomic E-state index is 14.8. The molecule has 0 bridgehead atoms. The Labute approximate surface area is 206 Å². The van der Waals surface area contributed by atoms with Gasteiger partial charge in [0.1, 0.15) is 11.6 Å². The summed E-state index contributed by atoms with van der Waals surface area (Å²) in [5.41, 5.74) is 2.29. The minimum atomic E-state index is -0.377. The highest BCUT2D eigenvalue weighted by atomic mass is 19.1. The minimum Gasteiger partial charge on any atom is -0.496 e. The second-order valence-electron chi connectivity index (χ2n) is 8.57. The zero-order valence-electron chi connectivity index (χ0n) is 19.6. The molecular weight excluding hydrogens is 459 g/mol. The standard InChI is InChI=1S/C27H23FN6O2/c1-36-23-13-7-4-10-20(23)26(35)32-14-16-33(17-15-32)27-29-22-12-6-3-9-19(22)25-31-30-24(34(25)27)18-8-2-5-11-21(18)28/h2-13H,14-17H2,1H3. The number of hydrogen-bond donors (Lipinski definition) is 0. The number of rotatable bonds is 4. The van der Waals surface area contributed by atoms with Gasteiger partial charge >= 0.3 is 0 Å². The Morgan fingerprint density at radius 3 is 2.42 bits per heavy atom. The van der Waals surface area contributed by atoms with E-state index in [0.29, 0.717) is 60.5 Å². The lowest BCUT2D eigenvalue weighted by atomic mass is 10.1. The van der Waals surface area contributed by atoms with Gasteiger partial charge in [-0.2, -0.15) is 0 Å². The summed E-state index contributed by atoms with van der Waals surface area (Å²) in [5, 5.41) is 9.62. The van der Waals surface area contributed by atoms with Gasteiger partial charge in [-0.05, 0) is 36.4 Å². The molecule has 6 rings (SSSR count). The Balaban J connectivity index is 1.38. The maximum Gasteiger partial charge on any atom is 0.257 e. The number of piperazine rings is 1. The van der Waals surface area contributed by atoms with Crippen molar-refractivity contribution < 1.29 is 13.9 Å². The monoisotopic (exact) mass is 482 g/mol. The van der Waals surface area contributed by atoms with Gasteiger partial charge in [0.05, 0.1) is 23.8 Å². The van der Waals surface area contributed by atoms with Crippen molar-refractivity contribution in [3.63, 3.8) is 0 Å². The summed E-state index contributed by atoms with van der Waals surface area (Å²) in [4.78, 5) is 22.0. The van der Waals surface area contributed by atoms with Crippen molar-refractivity contribution in [3.05, 3.63) is 84.2 Å². The van der Waals surface area contributed by atoms with Crippen LogP contribution in [0.4, 0.5) is 10.3 Å². The molecule has 5 aromatic rings. The van der Waals surface area contributed by atoms with E-state index in [2.05, 4.69) is 15.1 Å². The number of hydrogen-bond acceptors (Lipinski definition) is 6. The predicted octanol–water partition coefficient (Wildman–Crippen LogP) is 4.05. The molecule has 0 spiro atoms. The van der Waals surface area contributed by atoms with Crippen LogP contribution in [0.1, 0.15) is 10.4 Å². The van der Waals surface area contributed by atoms with Crippen LogP contribution in [0.2, 0.25) is 0 Å². The molecule has 1 amide bonds. The molecule has 180 valence electrons. The van der Waals surface area contributed by atoms with Crippen molar-refractivity contribution in [1.29, 1.82) is 0 Å². The molecule has 1 fully saturated rings. The number of carbonyl (C=O) groups excluding carboxylic acids is 1. The van der Waals surface area contributed by atoms with Gasteiger partial charge in [0.2, 0.25) is 5.95 Å². The molecule has 0 unspecified atom stereocenters. The molecular formula is C27H23FN6O2. The fourth-order valence-electron chi connectivity index (χ4n) is 4.70. The minimum absolute atomic E-state index is 0.0694. The number of fused-ring (bicyclic) bond motifs is 3. The lowest BCUT2D eigenvalue weighted by Crippen LogP contribution is -2.49. The molecule has 0 aliphatic carbocycles. The van der Waals surface area contributed by atoms with Gasteiger partial charge in [0.25, 0.3) is 5.91 Å². The molecule has 1 saturated heterocycles. The summed E-state index contributed by atoms with van der Waals surface area (Å²) in [6.07, 6.45) is 0. The van der Waals surface area contributed by atoms with Crippen molar-refractivity contribution in [2.45, 2.75) is 0 Å². The highest BCUT2D eigenvalue weighted by Gasteiger charge is 2.28. The number of halogens is 1. The third-order valence-electron chi connectivity index (χ3n) is 6.53. The maximum absolute atomic E-state index is 14.8. The van der Waals surface area contributed by atoms with Crippen LogP contribution in [-0.4, -0.2) is 63.7 Å². The SMILES string of the molecule is COc1ccccc1C(=O)N1CCN(c2nc3ccccc3c3nnc(-c4ccccc4F)n23)CC1. The second-order valence-corrected chi connectivity index (χ2v) is 8.57. The molecule has 0 saturated carbocycles. The van der Waals surface area contributed by atoms with Crippen molar-refractivity contribution >= 4 is 28.4 Å². The normalized spacial score (nSPS) is 13.9. The number of ether oxygens (including phenoxy) is 1. The van der Waals surface area contributed by atoms with Crippen LogP contribution >= 0.6 is 0 Å². The van der Waals surface area contributed by atoms with Crippen molar-refractivity contribution in [3.8, 4) is 17.1 Å². The van der Waals surface area contributed by atoms with Crippen LogP contribution in [0.5, 0.6) is 5.75 Å². The topological polar surface area (TPSA) is 75.9 Å². The molecule has 36 heavy (non-hydrogen) atoms. The largest absolute Gasteiger partial charge is 0.496 e. The average Bonchev–Trinajstić information content (AvgIpc) is 3.38. The Morgan fingerprint density at radius 1 is 0.889 bits per heavy atom. The first-order valence-electron chi connectivity index (χ1n) is 11.7. The van der Waals surface area contributed by atoms with Crippen molar-refractivity contribution in [2.75, 3.05) is 38.2 Å². The number of anilines is 1. The number of amides is 1. The first-order valence-corrected chi connectivity index (χ1v) is 11.7. The predicted molar refractivity (Wildman–Crippen MR) is 135 cm³/mol. The van der Waals surface area contributed by atoms with Gasteiger partial charge < -0.3 is 14.5 Å². The zero-order valence-corrected chi connectivity index (χ0v) is 19.6. The van der Waals surface area contributed by atoms with Crippen LogP contribution in [0.25, 0.3) is 27.9 Å². The van der Waals surface area contributed by atoms with Crippen LogP contribution in [0.3, 0.4) is 0 Å². The van der Waals surface area contributed by atoms with E-state index in [1.54, 1.807) is 37.4 Å². The van der Waals surface area contributed by atoms with E-state index in [0.717, 1.165) is 10.9 Å². The van der Waals surface area contributed by atoms with E-state index in [-0.39, 0.29) is 11.7 Å². The van der Waals surface area contributed by atoms with E-state index in [9.17, 15) is 9.18 Å². The van der Waals surface area contributed by atoms with Gasteiger partial charge in [-0.15, -0.1) is 10.2 Å². The van der Waals surface area contributed by atoms with Crippen LogP contribution in [-0.2, 0) is 0 Å². The summed E-state index contributed by atoms with van der Waals surface area (Å²) in [5.74, 6) is 1.13. The van der Waals surface area contributed by atoms with E-state index in [1.807, 2.05) is 45.7 Å². The van der Waals surface area contributed by atoms with Gasteiger partial charge in [-0.25, -0.2) is 13.8 Å². The quantitative estimate of drug-likeness (QED) is 0.385. The number of para-hydroxylation sites is 2. The van der Waals surface area contributed by atoms with Crippen molar-refractivity contribution in [1.82, 2.24) is 24.5 Å².